The summed E-state index contributed by atoms with van der Waals surface area (Å²) < 4.78 is 24.5. The lowest BCUT2D eigenvalue weighted by atomic mass is 9.92. The van der Waals surface area contributed by atoms with E-state index in [4.69, 9.17) is 9.26 Å². The van der Waals surface area contributed by atoms with Crippen LogP contribution >= 0.6 is 0 Å². The molecule has 6 heteroatoms. The number of nitrogens with zero attached hydrogens (tertiary/aromatic N) is 2. The summed E-state index contributed by atoms with van der Waals surface area (Å²) in [7, 11) is 0. The van der Waals surface area contributed by atoms with Crippen LogP contribution in [0.15, 0.2) is 22.7 Å². The number of likely N-dealkylation sites (tertiary alicyclic amines) is 1. The SMILES string of the molecule is CCCCCCCCCC(=O)OCC(C)CCN1CCC(c2onc3cc(F)ccc23)CC1. The Kier molecular flexibility index (Phi) is 10.6. The monoisotopic (exact) mass is 460 g/mol. The molecule has 2 aromatic rings. The largest absolute Gasteiger partial charge is 0.465 e. The van der Waals surface area contributed by atoms with Crippen molar-refractivity contribution >= 4 is 16.9 Å². The molecule has 0 spiro atoms. The van der Waals surface area contributed by atoms with Gasteiger partial charge in [0.2, 0.25) is 0 Å². The second kappa shape index (κ2) is 13.7. The average Bonchev–Trinajstić information content (AvgIpc) is 3.24. The number of carbonyl (C=O) groups is 1. The van der Waals surface area contributed by atoms with Crippen molar-refractivity contribution in [1.29, 1.82) is 0 Å². The Morgan fingerprint density at radius 3 is 2.67 bits per heavy atom. The van der Waals surface area contributed by atoms with E-state index in [1.54, 1.807) is 6.07 Å². The molecule has 0 aliphatic carbocycles. The van der Waals surface area contributed by atoms with Gasteiger partial charge >= 0.3 is 5.97 Å². The minimum Gasteiger partial charge on any atom is -0.465 e. The molecular weight excluding hydrogens is 419 g/mol. The molecule has 1 aliphatic rings. The van der Waals surface area contributed by atoms with Gasteiger partial charge in [0, 0.05) is 23.8 Å². The van der Waals surface area contributed by atoms with E-state index >= 15 is 0 Å². The van der Waals surface area contributed by atoms with E-state index in [2.05, 4.69) is 23.9 Å². The molecule has 5 nitrogen and oxygen atoms in total. The van der Waals surface area contributed by atoms with Gasteiger partial charge in [0.25, 0.3) is 0 Å². The highest BCUT2D eigenvalue weighted by Gasteiger charge is 2.25. The van der Waals surface area contributed by atoms with Crippen molar-refractivity contribution in [2.24, 2.45) is 5.92 Å². The fourth-order valence-electron chi connectivity index (χ4n) is 4.67. The molecule has 0 N–H and O–H groups in total. The Hall–Kier alpha value is -1.95. The number of benzene rings is 1. The Balaban J connectivity index is 1.26. The number of hydrogen-bond acceptors (Lipinski definition) is 5. The highest BCUT2D eigenvalue weighted by Crippen LogP contribution is 2.33. The number of hydrogen-bond donors (Lipinski definition) is 0. The van der Waals surface area contributed by atoms with E-state index in [1.165, 1.54) is 44.2 Å². The fourth-order valence-corrected chi connectivity index (χ4v) is 4.67. The average molecular weight is 461 g/mol. The fraction of sp³-hybridized carbons (Fsp3) is 0.704. The zero-order valence-electron chi connectivity index (χ0n) is 20.5. The second-order valence-corrected chi connectivity index (χ2v) is 9.77. The van der Waals surface area contributed by atoms with Crippen LogP contribution in [0.2, 0.25) is 0 Å². The van der Waals surface area contributed by atoms with Crippen molar-refractivity contribution in [2.45, 2.75) is 90.4 Å². The molecule has 0 saturated carbocycles. The first-order valence-electron chi connectivity index (χ1n) is 13.0. The number of ether oxygens (including phenoxy) is 1. The molecular formula is C27H41FN2O3. The summed E-state index contributed by atoms with van der Waals surface area (Å²) in [6, 6.07) is 4.68. The maximum absolute atomic E-state index is 13.4. The topological polar surface area (TPSA) is 55.6 Å². The lowest BCUT2D eigenvalue weighted by Crippen LogP contribution is -2.34. The van der Waals surface area contributed by atoms with Gasteiger partial charge in [-0.05, 0) is 63.4 Å². The predicted molar refractivity (Wildman–Crippen MR) is 130 cm³/mol. The van der Waals surface area contributed by atoms with Gasteiger partial charge in [-0.2, -0.15) is 0 Å². The third-order valence-corrected chi connectivity index (χ3v) is 6.88. The minimum absolute atomic E-state index is 0.0459. The van der Waals surface area contributed by atoms with Crippen molar-refractivity contribution in [1.82, 2.24) is 10.1 Å². The number of piperidine rings is 1. The zero-order chi connectivity index (χ0) is 23.5. The highest BCUT2D eigenvalue weighted by atomic mass is 19.1. The molecule has 1 unspecified atom stereocenters. The summed E-state index contributed by atoms with van der Waals surface area (Å²) in [5, 5.41) is 4.97. The summed E-state index contributed by atoms with van der Waals surface area (Å²) in [6.07, 6.45) is 12.1. The van der Waals surface area contributed by atoms with Gasteiger partial charge in [-0.1, -0.05) is 57.5 Å². The molecule has 0 amide bonds. The Labute approximate surface area is 198 Å². The van der Waals surface area contributed by atoms with Crippen LogP contribution in [-0.4, -0.2) is 42.3 Å². The molecule has 33 heavy (non-hydrogen) atoms. The molecule has 1 atom stereocenters. The normalized spacial score (nSPS) is 16.3. The molecule has 1 aliphatic heterocycles. The van der Waals surface area contributed by atoms with E-state index in [9.17, 15) is 9.18 Å². The van der Waals surface area contributed by atoms with Crippen LogP contribution in [0, 0.1) is 11.7 Å². The zero-order valence-corrected chi connectivity index (χ0v) is 20.5. The summed E-state index contributed by atoms with van der Waals surface area (Å²) in [5.41, 5.74) is 0.600. The molecule has 0 radical (unpaired) electrons. The van der Waals surface area contributed by atoms with Gasteiger partial charge < -0.3 is 14.2 Å². The Morgan fingerprint density at radius 1 is 1.18 bits per heavy atom. The lowest BCUT2D eigenvalue weighted by Gasteiger charge is -2.31. The molecule has 184 valence electrons. The maximum Gasteiger partial charge on any atom is 0.305 e. The highest BCUT2D eigenvalue weighted by molar-refractivity contribution is 5.80. The van der Waals surface area contributed by atoms with E-state index in [0.29, 0.717) is 30.4 Å². The van der Waals surface area contributed by atoms with Crippen LogP contribution in [-0.2, 0) is 9.53 Å². The van der Waals surface area contributed by atoms with Gasteiger partial charge in [-0.25, -0.2) is 4.39 Å². The van der Waals surface area contributed by atoms with E-state index in [1.807, 2.05) is 0 Å². The minimum atomic E-state index is -0.283. The maximum atomic E-state index is 13.4. The molecule has 1 aromatic carbocycles. The predicted octanol–water partition coefficient (Wildman–Crippen LogP) is 6.86. The number of unbranched alkanes of at least 4 members (excludes halogenated alkanes) is 6. The van der Waals surface area contributed by atoms with Crippen molar-refractivity contribution in [2.75, 3.05) is 26.2 Å². The van der Waals surface area contributed by atoms with Crippen LogP contribution < -0.4 is 0 Å². The first kappa shape index (κ1) is 25.7. The Morgan fingerprint density at radius 2 is 1.91 bits per heavy atom. The number of fused-ring (bicyclic) bond motifs is 1. The number of esters is 1. The third-order valence-electron chi connectivity index (χ3n) is 6.88. The Bertz CT molecular complexity index is 845. The molecule has 1 aromatic heterocycles. The molecule has 1 saturated heterocycles. The van der Waals surface area contributed by atoms with Gasteiger partial charge in [0.05, 0.1) is 6.61 Å². The number of halogens is 1. The molecule has 1 fully saturated rings. The molecule has 2 heterocycles. The lowest BCUT2D eigenvalue weighted by molar-refractivity contribution is -0.145. The van der Waals surface area contributed by atoms with Crippen molar-refractivity contribution in [3.63, 3.8) is 0 Å². The van der Waals surface area contributed by atoms with E-state index in [0.717, 1.165) is 62.9 Å². The van der Waals surface area contributed by atoms with Gasteiger partial charge in [0.1, 0.15) is 17.1 Å². The standard InChI is InChI=1S/C27H41FN2O3/c1-3-4-5-6-7-8-9-10-26(31)32-20-21(2)13-16-30-17-14-22(15-18-30)27-24-12-11-23(28)19-25(24)29-33-27/h11-12,19,21-22H,3-10,13-18,20H2,1-2H3. The summed E-state index contributed by atoms with van der Waals surface area (Å²) >= 11 is 0. The first-order valence-corrected chi connectivity index (χ1v) is 13.0. The van der Waals surface area contributed by atoms with Crippen LogP contribution in [0.4, 0.5) is 4.39 Å². The number of carbonyl (C=O) groups excluding carboxylic acids is 1. The van der Waals surface area contributed by atoms with Crippen molar-refractivity contribution in [3.05, 3.63) is 29.8 Å². The quantitative estimate of drug-likeness (QED) is 0.228. The number of aromatic nitrogens is 1. The van der Waals surface area contributed by atoms with Crippen LogP contribution in [0.5, 0.6) is 0 Å². The third kappa shape index (κ3) is 8.40. The van der Waals surface area contributed by atoms with Gasteiger partial charge in [-0.15, -0.1) is 0 Å². The van der Waals surface area contributed by atoms with Crippen LogP contribution in [0.25, 0.3) is 10.9 Å². The van der Waals surface area contributed by atoms with Gasteiger partial charge in [-0.3, -0.25) is 4.79 Å². The smallest absolute Gasteiger partial charge is 0.305 e. The van der Waals surface area contributed by atoms with Crippen molar-refractivity contribution < 1.29 is 18.4 Å². The molecule has 0 bridgehead atoms. The van der Waals surface area contributed by atoms with Crippen LogP contribution in [0.1, 0.15) is 96.2 Å². The summed E-state index contributed by atoms with van der Waals surface area (Å²) in [4.78, 5) is 14.5. The molecule has 3 rings (SSSR count). The van der Waals surface area contributed by atoms with E-state index in [-0.39, 0.29) is 11.8 Å². The second-order valence-electron chi connectivity index (χ2n) is 9.77. The van der Waals surface area contributed by atoms with Crippen LogP contribution in [0.3, 0.4) is 0 Å². The number of rotatable bonds is 14. The summed E-state index contributed by atoms with van der Waals surface area (Å²) in [5.74, 6) is 1.27. The van der Waals surface area contributed by atoms with E-state index < -0.39 is 0 Å². The summed E-state index contributed by atoms with van der Waals surface area (Å²) in [6.45, 7) is 7.95. The van der Waals surface area contributed by atoms with Gasteiger partial charge in [0.15, 0.2) is 0 Å². The first-order chi connectivity index (χ1) is 16.1. The van der Waals surface area contributed by atoms with Crippen molar-refractivity contribution in [3.8, 4) is 0 Å².